The van der Waals surface area contributed by atoms with E-state index >= 15 is 0 Å². The number of amides is 1. The van der Waals surface area contributed by atoms with Crippen molar-refractivity contribution in [2.24, 2.45) is 5.92 Å². The molecule has 0 saturated carbocycles. The maximum Gasteiger partial charge on any atom is 0.227 e. The zero-order chi connectivity index (χ0) is 16.7. The lowest BCUT2D eigenvalue weighted by Gasteiger charge is -2.34. The minimum atomic E-state index is 0.0151. The van der Waals surface area contributed by atoms with Gasteiger partial charge in [0.05, 0.1) is 12.5 Å². The fourth-order valence-electron chi connectivity index (χ4n) is 2.94. The zero-order valence-corrected chi connectivity index (χ0v) is 14.0. The van der Waals surface area contributed by atoms with E-state index in [-0.39, 0.29) is 18.4 Å². The first-order valence-corrected chi connectivity index (χ1v) is 8.41. The summed E-state index contributed by atoms with van der Waals surface area (Å²) in [6.07, 6.45) is 3.60. The van der Waals surface area contributed by atoms with Crippen molar-refractivity contribution in [1.29, 1.82) is 0 Å². The summed E-state index contributed by atoms with van der Waals surface area (Å²) in [6.45, 7) is 7.59. The molecule has 0 aromatic carbocycles. The van der Waals surface area contributed by atoms with Crippen molar-refractivity contribution in [1.82, 2.24) is 14.9 Å². The highest BCUT2D eigenvalue weighted by Crippen LogP contribution is 2.22. The normalized spacial score (nSPS) is 17.9. The molecule has 1 aliphatic heterocycles. The Bertz CT molecular complexity index is 507. The molecule has 2 N–H and O–H groups in total. The van der Waals surface area contributed by atoms with Gasteiger partial charge >= 0.3 is 0 Å². The molecule has 7 nitrogen and oxygen atoms in total. The Morgan fingerprint density at radius 2 is 2.26 bits per heavy atom. The van der Waals surface area contributed by atoms with Crippen molar-refractivity contribution in [2.45, 2.75) is 26.7 Å². The summed E-state index contributed by atoms with van der Waals surface area (Å²) >= 11 is 0. The third-order valence-electron chi connectivity index (χ3n) is 4.19. The third-order valence-corrected chi connectivity index (χ3v) is 4.19. The summed E-state index contributed by atoms with van der Waals surface area (Å²) < 4.78 is 0. The molecule has 0 bridgehead atoms. The number of hydrogen-bond donors (Lipinski definition) is 2. The number of hydrogen-bond acceptors (Lipinski definition) is 6. The van der Waals surface area contributed by atoms with Gasteiger partial charge in [-0.2, -0.15) is 4.98 Å². The minimum absolute atomic E-state index is 0.0151. The highest BCUT2D eigenvalue weighted by atomic mass is 16.3. The van der Waals surface area contributed by atoms with Crippen LogP contribution in [0.1, 0.15) is 26.7 Å². The predicted molar refractivity (Wildman–Crippen MR) is 90.5 cm³/mol. The first-order valence-electron chi connectivity index (χ1n) is 8.41. The van der Waals surface area contributed by atoms with Crippen LogP contribution in [-0.4, -0.2) is 65.2 Å². The van der Waals surface area contributed by atoms with Crippen LogP contribution < -0.4 is 10.2 Å². The molecule has 23 heavy (non-hydrogen) atoms. The van der Waals surface area contributed by atoms with Crippen LogP contribution in [0.15, 0.2) is 12.3 Å². The molecule has 128 valence electrons. The lowest BCUT2D eigenvalue weighted by molar-refractivity contribution is -0.135. The van der Waals surface area contributed by atoms with Crippen LogP contribution in [0.3, 0.4) is 0 Å². The second kappa shape index (κ2) is 8.67. The van der Waals surface area contributed by atoms with Gasteiger partial charge in [0.25, 0.3) is 0 Å². The smallest absolute Gasteiger partial charge is 0.227 e. The van der Waals surface area contributed by atoms with E-state index in [1.807, 2.05) is 18.7 Å². The molecular weight excluding hydrogens is 294 g/mol. The molecule has 0 spiro atoms. The largest absolute Gasteiger partial charge is 0.395 e. The lowest BCUT2D eigenvalue weighted by atomic mass is 9.96. The van der Waals surface area contributed by atoms with E-state index in [1.54, 1.807) is 12.3 Å². The van der Waals surface area contributed by atoms with E-state index in [0.717, 1.165) is 32.5 Å². The van der Waals surface area contributed by atoms with E-state index in [4.69, 9.17) is 5.11 Å². The van der Waals surface area contributed by atoms with Crippen molar-refractivity contribution >= 4 is 17.7 Å². The highest BCUT2D eigenvalue weighted by molar-refractivity contribution is 5.79. The molecule has 1 amide bonds. The Morgan fingerprint density at radius 3 is 2.96 bits per heavy atom. The van der Waals surface area contributed by atoms with Gasteiger partial charge in [-0.15, -0.1) is 0 Å². The molecule has 1 unspecified atom stereocenters. The topological polar surface area (TPSA) is 81.6 Å². The number of carbonyl (C=O) groups excluding carboxylic acids is 1. The van der Waals surface area contributed by atoms with E-state index in [2.05, 4.69) is 20.2 Å². The third kappa shape index (κ3) is 4.54. The van der Waals surface area contributed by atoms with Crippen LogP contribution in [0, 0.1) is 5.92 Å². The Labute approximate surface area is 137 Å². The molecule has 1 aliphatic rings. The number of aromatic nitrogens is 2. The summed E-state index contributed by atoms with van der Waals surface area (Å²) in [7, 11) is 0. The number of carbonyl (C=O) groups is 1. The summed E-state index contributed by atoms with van der Waals surface area (Å²) in [5.74, 6) is 1.58. The molecule has 0 aliphatic carbocycles. The van der Waals surface area contributed by atoms with Crippen LogP contribution in [-0.2, 0) is 4.79 Å². The van der Waals surface area contributed by atoms with Crippen molar-refractivity contribution in [3.05, 3.63) is 12.3 Å². The first kappa shape index (κ1) is 17.5. The number of nitrogens with zero attached hydrogens (tertiary/aromatic N) is 4. The molecule has 1 aromatic heterocycles. The summed E-state index contributed by atoms with van der Waals surface area (Å²) in [5, 5.41) is 11.9. The molecule has 1 aromatic rings. The maximum atomic E-state index is 12.6. The second-order valence-electron chi connectivity index (χ2n) is 5.69. The zero-order valence-electron chi connectivity index (χ0n) is 14.0. The Hall–Kier alpha value is -1.89. The molecule has 1 atom stereocenters. The number of aliphatic hydroxyl groups excluding tert-OH is 1. The van der Waals surface area contributed by atoms with Gasteiger partial charge in [0.2, 0.25) is 11.9 Å². The standard InChI is InChI=1S/C16H27N5O2/c1-3-20(4-2)15(23)13-6-5-10-21(12-13)16-18-8-7-14(19-16)17-9-11-22/h7-8,13,22H,3-6,9-12H2,1-2H3,(H,17,18,19). The van der Waals surface area contributed by atoms with E-state index < -0.39 is 0 Å². The van der Waals surface area contributed by atoms with E-state index in [9.17, 15) is 4.79 Å². The predicted octanol–water partition coefficient (Wildman–Crippen LogP) is 0.966. The lowest BCUT2D eigenvalue weighted by Crippen LogP contribution is -2.45. The van der Waals surface area contributed by atoms with Crippen LogP contribution >= 0.6 is 0 Å². The second-order valence-corrected chi connectivity index (χ2v) is 5.69. The molecule has 0 radical (unpaired) electrons. The molecule has 7 heteroatoms. The number of aliphatic hydroxyl groups is 1. The summed E-state index contributed by atoms with van der Waals surface area (Å²) in [4.78, 5) is 25.4. The number of rotatable bonds is 7. The average molecular weight is 321 g/mol. The molecule has 2 rings (SSSR count). The molecule has 1 saturated heterocycles. The van der Waals surface area contributed by atoms with E-state index in [0.29, 0.717) is 24.9 Å². The monoisotopic (exact) mass is 321 g/mol. The van der Waals surface area contributed by atoms with Crippen LogP contribution in [0.25, 0.3) is 0 Å². The molecule has 1 fully saturated rings. The van der Waals surface area contributed by atoms with Gasteiger partial charge in [-0.3, -0.25) is 4.79 Å². The number of anilines is 2. The van der Waals surface area contributed by atoms with Crippen LogP contribution in [0.5, 0.6) is 0 Å². The van der Waals surface area contributed by atoms with Crippen LogP contribution in [0.4, 0.5) is 11.8 Å². The fraction of sp³-hybridized carbons (Fsp3) is 0.688. The average Bonchev–Trinajstić information content (AvgIpc) is 2.61. The van der Waals surface area contributed by atoms with Crippen molar-refractivity contribution in [2.75, 3.05) is 49.5 Å². The van der Waals surface area contributed by atoms with Crippen molar-refractivity contribution in [3.8, 4) is 0 Å². The minimum Gasteiger partial charge on any atom is -0.395 e. The van der Waals surface area contributed by atoms with Gasteiger partial charge < -0.3 is 20.2 Å². The van der Waals surface area contributed by atoms with Gasteiger partial charge in [0.1, 0.15) is 5.82 Å². The fourth-order valence-corrected chi connectivity index (χ4v) is 2.94. The number of nitrogens with one attached hydrogen (secondary N) is 1. The Balaban J connectivity index is 2.04. The Kier molecular flexibility index (Phi) is 6.58. The van der Waals surface area contributed by atoms with Gasteiger partial charge in [-0.25, -0.2) is 4.98 Å². The summed E-state index contributed by atoms with van der Waals surface area (Å²) in [6, 6.07) is 1.78. The van der Waals surface area contributed by atoms with Gasteiger partial charge in [-0.1, -0.05) is 0 Å². The van der Waals surface area contributed by atoms with Crippen molar-refractivity contribution < 1.29 is 9.90 Å². The van der Waals surface area contributed by atoms with Crippen LogP contribution in [0.2, 0.25) is 0 Å². The Morgan fingerprint density at radius 1 is 1.48 bits per heavy atom. The van der Waals surface area contributed by atoms with Gasteiger partial charge in [0, 0.05) is 38.9 Å². The van der Waals surface area contributed by atoms with Crippen molar-refractivity contribution in [3.63, 3.8) is 0 Å². The highest BCUT2D eigenvalue weighted by Gasteiger charge is 2.29. The first-order chi connectivity index (χ1) is 11.2. The summed E-state index contributed by atoms with van der Waals surface area (Å²) in [5.41, 5.74) is 0. The van der Waals surface area contributed by atoms with Gasteiger partial charge in [-0.05, 0) is 32.8 Å². The SMILES string of the molecule is CCN(CC)C(=O)C1CCCN(c2nccc(NCCO)n2)C1. The quantitative estimate of drug-likeness (QED) is 0.779. The molecular formula is C16H27N5O2. The maximum absolute atomic E-state index is 12.6. The number of piperidine rings is 1. The van der Waals surface area contributed by atoms with E-state index in [1.165, 1.54) is 0 Å². The molecule has 2 heterocycles. The van der Waals surface area contributed by atoms with Gasteiger partial charge in [0.15, 0.2) is 0 Å².